The van der Waals surface area contributed by atoms with Crippen molar-refractivity contribution in [3.63, 3.8) is 0 Å². The number of anilines is 1. The van der Waals surface area contributed by atoms with Crippen LogP contribution in [-0.2, 0) is 11.2 Å². The third-order valence-corrected chi connectivity index (χ3v) is 3.86. The van der Waals surface area contributed by atoms with Crippen LogP contribution >= 0.6 is 0 Å². The van der Waals surface area contributed by atoms with E-state index in [0.29, 0.717) is 36.1 Å². The van der Waals surface area contributed by atoms with Gasteiger partial charge in [0.2, 0.25) is 5.91 Å². The van der Waals surface area contributed by atoms with Crippen molar-refractivity contribution in [2.24, 2.45) is 0 Å². The zero-order valence-corrected chi connectivity index (χ0v) is 14.3. The van der Waals surface area contributed by atoms with Crippen molar-refractivity contribution in [2.75, 3.05) is 32.8 Å². The van der Waals surface area contributed by atoms with Gasteiger partial charge in [0.1, 0.15) is 11.5 Å². The Kier molecular flexibility index (Phi) is 5.28. The van der Waals surface area contributed by atoms with Gasteiger partial charge in [-0.3, -0.25) is 4.79 Å². The van der Waals surface area contributed by atoms with Gasteiger partial charge >= 0.3 is 0 Å². The first-order valence-electron chi connectivity index (χ1n) is 8.10. The second kappa shape index (κ2) is 7.79. The minimum atomic E-state index is -0.152. The number of carbonyl (C=O) groups is 1. The molecule has 0 saturated heterocycles. The Hall–Kier alpha value is -2.89. The number of ether oxygens (including phenoxy) is 4. The molecule has 2 aromatic carbocycles. The van der Waals surface area contributed by atoms with Crippen LogP contribution < -0.4 is 24.3 Å². The molecule has 0 atom stereocenters. The lowest BCUT2D eigenvalue weighted by atomic mass is 10.1. The van der Waals surface area contributed by atoms with Gasteiger partial charge in [-0.1, -0.05) is 6.07 Å². The molecule has 0 bridgehead atoms. The van der Waals surface area contributed by atoms with Crippen LogP contribution in [0.3, 0.4) is 0 Å². The summed E-state index contributed by atoms with van der Waals surface area (Å²) in [7, 11) is 3.13. The number of carbonyl (C=O) groups excluding carboxylic acids is 1. The molecule has 0 aliphatic carbocycles. The second-order valence-corrected chi connectivity index (χ2v) is 5.62. The number of nitrogens with one attached hydrogen (secondary N) is 1. The number of rotatable bonds is 5. The van der Waals surface area contributed by atoms with Crippen LogP contribution in [-0.4, -0.2) is 33.3 Å². The second-order valence-electron chi connectivity index (χ2n) is 5.62. The molecule has 132 valence electrons. The van der Waals surface area contributed by atoms with Gasteiger partial charge in [-0.15, -0.1) is 0 Å². The maximum Gasteiger partial charge on any atom is 0.228 e. The number of fused-ring (bicyclic) bond motifs is 1. The summed E-state index contributed by atoms with van der Waals surface area (Å²) >= 11 is 0. The van der Waals surface area contributed by atoms with Crippen LogP contribution in [0.4, 0.5) is 5.69 Å². The van der Waals surface area contributed by atoms with Gasteiger partial charge in [-0.05, 0) is 29.8 Å². The summed E-state index contributed by atoms with van der Waals surface area (Å²) in [6.45, 7) is 1.26. The third kappa shape index (κ3) is 4.15. The molecule has 6 nitrogen and oxygen atoms in total. The van der Waals surface area contributed by atoms with Gasteiger partial charge in [0, 0.05) is 12.5 Å². The van der Waals surface area contributed by atoms with E-state index in [2.05, 4.69) is 5.32 Å². The van der Waals surface area contributed by atoms with E-state index in [1.165, 1.54) is 0 Å². The van der Waals surface area contributed by atoms with E-state index in [0.717, 1.165) is 17.7 Å². The summed E-state index contributed by atoms with van der Waals surface area (Å²) < 4.78 is 21.7. The van der Waals surface area contributed by atoms with E-state index in [1.807, 2.05) is 18.2 Å². The lowest BCUT2D eigenvalue weighted by Crippen LogP contribution is -2.15. The molecule has 0 unspecified atom stereocenters. The minimum absolute atomic E-state index is 0.152. The van der Waals surface area contributed by atoms with Crippen molar-refractivity contribution >= 4 is 11.6 Å². The Bertz CT molecular complexity index is 759. The Morgan fingerprint density at radius 3 is 2.60 bits per heavy atom. The molecule has 1 aliphatic rings. The molecular formula is C19H21NO5. The van der Waals surface area contributed by atoms with E-state index >= 15 is 0 Å². The molecule has 0 spiro atoms. The highest BCUT2D eigenvalue weighted by molar-refractivity contribution is 5.94. The highest BCUT2D eigenvalue weighted by Crippen LogP contribution is 2.31. The van der Waals surface area contributed by atoms with Crippen LogP contribution in [0.1, 0.15) is 12.0 Å². The molecule has 3 rings (SSSR count). The van der Waals surface area contributed by atoms with Crippen molar-refractivity contribution < 1.29 is 23.7 Å². The number of benzene rings is 2. The highest BCUT2D eigenvalue weighted by atomic mass is 16.5. The van der Waals surface area contributed by atoms with Crippen LogP contribution in [0.25, 0.3) is 0 Å². The molecule has 1 N–H and O–H groups in total. The molecule has 6 heteroatoms. The lowest BCUT2D eigenvalue weighted by Gasteiger charge is -2.12. The van der Waals surface area contributed by atoms with Crippen LogP contribution in [0.2, 0.25) is 0 Å². The quantitative estimate of drug-likeness (QED) is 0.904. The smallest absolute Gasteiger partial charge is 0.228 e. The summed E-state index contributed by atoms with van der Waals surface area (Å²) in [4.78, 5) is 12.4. The van der Waals surface area contributed by atoms with Crippen molar-refractivity contribution in [1.29, 1.82) is 0 Å². The average Bonchev–Trinajstić information content (AvgIpc) is 2.86. The average molecular weight is 343 g/mol. The molecule has 1 amide bonds. The first-order valence-corrected chi connectivity index (χ1v) is 8.10. The largest absolute Gasteiger partial charge is 0.497 e. The standard InChI is InChI=1S/C19H21NO5/c1-22-14-5-7-16(23-2)15(12-14)20-19(21)11-13-4-6-17-18(10-13)25-9-3-8-24-17/h4-7,10,12H,3,8-9,11H2,1-2H3,(H,20,21). The zero-order valence-electron chi connectivity index (χ0n) is 14.3. The summed E-state index contributed by atoms with van der Waals surface area (Å²) in [5.41, 5.74) is 1.42. The molecule has 0 fully saturated rings. The Morgan fingerprint density at radius 1 is 1.04 bits per heavy atom. The van der Waals surface area contributed by atoms with Gasteiger partial charge in [-0.2, -0.15) is 0 Å². The predicted molar refractivity (Wildman–Crippen MR) is 93.9 cm³/mol. The predicted octanol–water partition coefficient (Wildman–Crippen LogP) is 3.05. The fourth-order valence-electron chi connectivity index (χ4n) is 2.61. The van der Waals surface area contributed by atoms with Crippen molar-refractivity contribution in [3.8, 4) is 23.0 Å². The minimum Gasteiger partial charge on any atom is -0.497 e. The van der Waals surface area contributed by atoms with Crippen LogP contribution in [0.5, 0.6) is 23.0 Å². The Labute approximate surface area is 146 Å². The van der Waals surface area contributed by atoms with E-state index in [-0.39, 0.29) is 12.3 Å². The molecule has 1 aliphatic heterocycles. The molecule has 1 heterocycles. The number of hydrogen-bond donors (Lipinski definition) is 1. The first kappa shape index (κ1) is 17.0. The Morgan fingerprint density at radius 2 is 1.84 bits per heavy atom. The summed E-state index contributed by atoms with van der Waals surface area (Å²) in [6.07, 6.45) is 1.07. The number of amides is 1. The monoisotopic (exact) mass is 343 g/mol. The zero-order chi connectivity index (χ0) is 17.6. The number of methoxy groups -OCH3 is 2. The fourth-order valence-corrected chi connectivity index (χ4v) is 2.61. The number of hydrogen-bond acceptors (Lipinski definition) is 5. The normalized spacial score (nSPS) is 12.9. The van der Waals surface area contributed by atoms with Gasteiger partial charge in [0.15, 0.2) is 11.5 Å². The van der Waals surface area contributed by atoms with Crippen molar-refractivity contribution in [2.45, 2.75) is 12.8 Å². The van der Waals surface area contributed by atoms with Gasteiger partial charge in [-0.25, -0.2) is 0 Å². The molecule has 0 aromatic heterocycles. The molecule has 2 aromatic rings. The molecule has 0 radical (unpaired) electrons. The van der Waals surface area contributed by atoms with Crippen molar-refractivity contribution in [1.82, 2.24) is 0 Å². The van der Waals surface area contributed by atoms with E-state index in [4.69, 9.17) is 18.9 Å². The third-order valence-electron chi connectivity index (χ3n) is 3.86. The summed E-state index contributed by atoms with van der Waals surface area (Å²) in [6, 6.07) is 10.8. The van der Waals surface area contributed by atoms with Crippen molar-refractivity contribution in [3.05, 3.63) is 42.0 Å². The molecular weight excluding hydrogens is 322 g/mol. The Balaban J connectivity index is 1.72. The van der Waals surface area contributed by atoms with Gasteiger partial charge in [0.05, 0.1) is 39.5 Å². The van der Waals surface area contributed by atoms with E-state index < -0.39 is 0 Å². The molecule has 25 heavy (non-hydrogen) atoms. The maximum absolute atomic E-state index is 12.4. The summed E-state index contributed by atoms with van der Waals surface area (Å²) in [5, 5.41) is 2.86. The van der Waals surface area contributed by atoms with E-state index in [9.17, 15) is 4.79 Å². The van der Waals surface area contributed by atoms with Gasteiger partial charge in [0.25, 0.3) is 0 Å². The SMILES string of the molecule is COc1ccc(OC)c(NC(=O)Cc2ccc3c(c2)OCCCO3)c1. The maximum atomic E-state index is 12.4. The fraction of sp³-hybridized carbons (Fsp3) is 0.316. The van der Waals surface area contributed by atoms with E-state index in [1.54, 1.807) is 32.4 Å². The lowest BCUT2D eigenvalue weighted by molar-refractivity contribution is -0.115. The van der Waals surface area contributed by atoms with Gasteiger partial charge < -0.3 is 24.3 Å². The highest BCUT2D eigenvalue weighted by Gasteiger charge is 2.14. The topological polar surface area (TPSA) is 66.0 Å². The molecule has 0 saturated carbocycles. The summed E-state index contributed by atoms with van der Waals surface area (Å²) in [5.74, 6) is 2.47. The first-order chi connectivity index (χ1) is 12.2. The van der Waals surface area contributed by atoms with Crippen LogP contribution in [0, 0.1) is 0 Å². The van der Waals surface area contributed by atoms with Crippen LogP contribution in [0.15, 0.2) is 36.4 Å².